The van der Waals surface area contributed by atoms with Crippen LogP contribution in [-0.2, 0) is 0 Å². The number of aromatic nitrogens is 1. The largest absolute Gasteiger partial charge is 0.389 e. The minimum absolute atomic E-state index is 0.339. The monoisotopic (exact) mass is 217 g/mol. The molecule has 0 radical (unpaired) electrons. The number of nitrogens with zero attached hydrogens (tertiary/aromatic N) is 1. The van der Waals surface area contributed by atoms with Crippen LogP contribution in [0.15, 0.2) is 42.7 Å². The van der Waals surface area contributed by atoms with Crippen LogP contribution in [0.1, 0.15) is 18.6 Å². The van der Waals surface area contributed by atoms with Gasteiger partial charge in [-0.2, -0.15) is 0 Å². The van der Waals surface area contributed by atoms with E-state index < -0.39 is 6.10 Å². The van der Waals surface area contributed by atoms with Crippen molar-refractivity contribution in [2.75, 3.05) is 0 Å². The van der Waals surface area contributed by atoms with E-state index in [1.165, 1.54) is 12.1 Å². The maximum atomic E-state index is 13.1. The summed E-state index contributed by atoms with van der Waals surface area (Å²) in [7, 11) is 0. The lowest BCUT2D eigenvalue weighted by Gasteiger charge is -2.12. The Labute approximate surface area is 93.4 Å². The second-order valence-electron chi connectivity index (χ2n) is 3.64. The highest BCUT2D eigenvalue weighted by Crippen LogP contribution is 2.28. The fourth-order valence-electron chi connectivity index (χ4n) is 1.67. The van der Waals surface area contributed by atoms with Crippen molar-refractivity contribution in [3.63, 3.8) is 0 Å². The molecule has 0 amide bonds. The van der Waals surface area contributed by atoms with Gasteiger partial charge in [-0.05, 0) is 47.9 Å². The van der Waals surface area contributed by atoms with Gasteiger partial charge >= 0.3 is 0 Å². The fraction of sp³-hybridized carbons (Fsp3) is 0.154. The van der Waals surface area contributed by atoms with Gasteiger partial charge in [0.1, 0.15) is 5.82 Å². The fourth-order valence-corrected chi connectivity index (χ4v) is 1.67. The van der Waals surface area contributed by atoms with E-state index in [0.29, 0.717) is 5.56 Å². The van der Waals surface area contributed by atoms with E-state index in [2.05, 4.69) is 4.98 Å². The first kappa shape index (κ1) is 10.8. The van der Waals surface area contributed by atoms with Gasteiger partial charge in [-0.1, -0.05) is 6.07 Å². The summed E-state index contributed by atoms with van der Waals surface area (Å²) in [5.41, 5.74) is 2.34. The van der Waals surface area contributed by atoms with Crippen LogP contribution in [-0.4, -0.2) is 10.1 Å². The molecule has 2 rings (SSSR count). The van der Waals surface area contributed by atoms with E-state index in [0.717, 1.165) is 11.1 Å². The Morgan fingerprint density at radius 3 is 2.50 bits per heavy atom. The van der Waals surface area contributed by atoms with Crippen LogP contribution in [0.25, 0.3) is 11.1 Å². The lowest BCUT2D eigenvalue weighted by Crippen LogP contribution is -1.96. The molecule has 0 fully saturated rings. The summed E-state index contributed by atoms with van der Waals surface area (Å²) >= 11 is 0. The van der Waals surface area contributed by atoms with Gasteiger partial charge in [0.2, 0.25) is 0 Å². The summed E-state index contributed by atoms with van der Waals surface area (Å²) in [4.78, 5) is 3.93. The third-order valence-corrected chi connectivity index (χ3v) is 2.46. The summed E-state index contributed by atoms with van der Waals surface area (Å²) in [5, 5.41) is 9.61. The average Bonchev–Trinajstić information content (AvgIpc) is 2.30. The highest BCUT2D eigenvalue weighted by molar-refractivity contribution is 5.67. The maximum Gasteiger partial charge on any atom is 0.123 e. The minimum atomic E-state index is -0.695. The molecule has 2 aromatic rings. The van der Waals surface area contributed by atoms with Crippen LogP contribution in [0, 0.1) is 5.82 Å². The van der Waals surface area contributed by atoms with Crippen molar-refractivity contribution in [1.29, 1.82) is 0 Å². The van der Waals surface area contributed by atoms with E-state index in [1.807, 2.05) is 12.1 Å². The lowest BCUT2D eigenvalue weighted by atomic mass is 9.97. The molecule has 1 N–H and O–H groups in total. The van der Waals surface area contributed by atoms with Crippen LogP contribution in [0.3, 0.4) is 0 Å². The SMILES string of the molecule is CC(O)c1cc(F)ccc1-c1ccncc1. The van der Waals surface area contributed by atoms with Gasteiger partial charge in [-0.15, -0.1) is 0 Å². The third-order valence-electron chi connectivity index (χ3n) is 2.46. The highest BCUT2D eigenvalue weighted by Gasteiger charge is 2.10. The molecular weight excluding hydrogens is 205 g/mol. The average molecular weight is 217 g/mol. The second kappa shape index (κ2) is 4.41. The highest BCUT2D eigenvalue weighted by atomic mass is 19.1. The van der Waals surface area contributed by atoms with Crippen LogP contribution >= 0.6 is 0 Å². The number of hydrogen-bond donors (Lipinski definition) is 1. The molecule has 0 saturated heterocycles. The predicted molar refractivity (Wildman–Crippen MR) is 60.3 cm³/mol. The zero-order valence-electron chi connectivity index (χ0n) is 8.89. The van der Waals surface area contributed by atoms with Crippen LogP contribution < -0.4 is 0 Å². The van der Waals surface area contributed by atoms with E-state index in [1.54, 1.807) is 25.4 Å². The Kier molecular flexibility index (Phi) is 2.97. The Hall–Kier alpha value is -1.74. The first-order chi connectivity index (χ1) is 7.68. The zero-order valence-corrected chi connectivity index (χ0v) is 8.89. The van der Waals surface area contributed by atoms with Gasteiger partial charge in [0, 0.05) is 12.4 Å². The molecule has 0 aliphatic rings. The first-order valence-corrected chi connectivity index (χ1v) is 5.06. The Bertz CT molecular complexity index is 483. The molecule has 3 heteroatoms. The molecule has 2 nitrogen and oxygen atoms in total. The lowest BCUT2D eigenvalue weighted by molar-refractivity contribution is 0.199. The Balaban J connectivity index is 2.57. The number of pyridine rings is 1. The summed E-state index contributed by atoms with van der Waals surface area (Å²) in [6.45, 7) is 1.62. The topological polar surface area (TPSA) is 33.1 Å². The number of aliphatic hydroxyl groups excluding tert-OH is 1. The Morgan fingerprint density at radius 2 is 1.88 bits per heavy atom. The van der Waals surface area contributed by atoms with E-state index in [9.17, 15) is 9.50 Å². The van der Waals surface area contributed by atoms with Crippen molar-refractivity contribution in [3.05, 3.63) is 54.1 Å². The van der Waals surface area contributed by atoms with Crippen molar-refractivity contribution < 1.29 is 9.50 Å². The molecule has 82 valence electrons. The molecule has 0 bridgehead atoms. The van der Waals surface area contributed by atoms with Gasteiger partial charge in [0.25, 0.3) is 0 Å². The molecule has 0 saturated carbocycles. The number of aliphatic hydroxyl groups is 1. The standard InChI is InChI=1S/C13H12FNO/c1-9(16)13-8-11(14)2-3-12(13)10-4-6-15-7-5-10/h2-9,16H,1H3. The molecule has 0 aliphatic carbocycles. The van der Waals surface area contributed by atoms with Crippen molar-refractivity contribution in [2.45, 2.75) is 13.0 Å². The van der Waals surface area contributed by atoms with E-state index in [-0.39, 0.29) is 5.82 Å². The summed E-state index contributed by atoms with van der Waals surface area (Å²) in [5.74, 6) is -0.339. The van der Waals surface area contributed by atoms with Crippen LogP contribution in [0.5, 0.6) is 0 Å². The summed E-state index contributed by atoms with van der Waals surface area (Å²) in [6, 6.07) is 8.09. The smallest absolute Gasteiger partial charge is 0.123 e. The zero-order chi connectivity index (χ0) is 11.5. The summed E-state index contributed by atoms with van der Waals surface area (Å²) in [6.07, 6.45) is 2.65. The van der Waals surface area contributed by atoms with Gasteiger partial charge in [-0.25, -0.2) is 4.39 Å². The molecule has 1 unspecified atom stereocenters. The minimum Gasteiger partial charge on any atom is -0.389 e. The van der Waals surface area contributed by atoms with Crippen molar-refractivity contribution in [3.8, 4) is 11.1 Å². The normalized spacial score (nSPS) is 12.4. The van der Waals surface area contributed by atoms with E-state index >= 15 is 0 Å². The number of hydrogen-bond acceptors (Lipinski definition) is 2. The molecule has 1 aromatic carbocycles. The molecule has 0 spiro atoms. The van der Waals surface area contributed by atoms with Crippen molar-refractivity contribution in [1.82, 2.24) is 4.98 Å². The Morgan fingerprint density at radius 1 is 1.19 bits per heavy atom. The molecule has 1 aromatic heterocycles. The van der Waals surface area contributed by atoms with Crippen LogP contribution in [0.2, 0.25) is 0 Å². The molecule has 1 atom stereocenters. The predicted octanol–water partition coefficient (Wildman–Crippen LogP) is 2.94. The number of halogens is 1. The van der Waals surface area contributed by atoms with E-state index in [4.69, 9.17) is 0 Å². The molecular formula is C13H12FNO. The maximum absolute atomic E-state index is 13.1. The number of rotatable bonds is 2. The van der Waals surface area contributed by atoms with Gasteiger partial charge < -0.3 is 5.11 Å². The third kappa shape index (κ3) is 2.09. The second-order valence-corrected chi connectivity index (χ2v) is 3.64. The van der Waals surface area contributed by atoms with Gasteiger partial charge in [-0.3, -0.25) is 4.98 Å². The quantitative estimate of drug-likeness (QED) is 0.838. The van der Waals surface area contributed by atoms with Gasteiger partial charge in [0.15, 0.2) is 0 Å². The van der Waals surface area contributed by atoms with Gasteiger partial charge in [0.05, 0.1) is 6.10 Å². The van der Waals surface area contributed by atoms with Crippen molar-refractivity contribution >= 4 is 0 Å². The number of benzene rings is 1. The van der Waals surface area contributed by atoms with Crippen molar-refractivity contribution in [2.24, 2.45) is 0 Å². The molecule has 16 heavy (non-hydrogen) atoms. The molecule has 0 aliphatic heterocycles. The summed E-state index contributed by atoms with van der Waals surface area (Å²) < 4.78 is 13.1. The van der Waals surface area contributed by atoms with Crippen LogP contribution in [0.4, 0.5) is 4.39 Å². The molecule has 1 heterocycles. The first-order valence-electron chi connectivity index (χ1n) is 5.06.